The SMILES string of the molecule is CCC(C)Oc1ccc([C@H]2CCCC[C@@H]2O)cc1. The van der Waals surface area contributed by atoms with E-state index in [1.807, 2.05) is 12.1 Å². The number of benzene rings is 1. The van der Waals surface area contributed by atoms with E-state index >= 15 is 0 Å². The summed E-state index contributed by atoms with van der Waals surface area (Å²) in [5, 5.41) is 10.0. The highest BCUT2D eigenvalue weighted by atomic mass is 16.5. The predicted molar refractivity (Wildman–Crippen MR) is 74.0 cm³/mol. The number of hydrogen-bond acceptors (Lipinski definition) is 2. The van der Waals surface area contributed by atoms with Gasteiger partial charge in [0, 0.05) is 5.92 Å². The van der Waals surface area contributed by atoms with Crippen LogP contribution in [0.1, 0.15) is 57.4 Å². The molecule has 1 saturated carbocycles. The third kappa shape index (κ3) is 3.26. The summed E-state index contributed by atoms with van der Waals surface area (Å²) in [6, 6.07) is 8.28. The monoisotopic (exact) mass is 248 g/mol. The Kier molecular flexibility index (Phi) is 4.65. The van der Waals surface area contributed by atoms with Crippen molar-refractivity contribution in [1.29, 1.82) is 0 Å². The van der Waals surface area contributed by atoms with Crippen LogP contribution in [0.25, 0.3) is 0 Å². The van der Waals surface area contributed by atoms with Crippen molar-refractivity contribution < 1.29 is 9.84 Å². The van der Waals surface area contributed by atoms with Gasteiger partial charge < -0.3 is 9.84 Å². The number of hydrogen-bond donors (Lipinski definition) is 1. The first kappa shape index (κ1) is 13.4. The molecule has 0 heterocycles. The van der Waals surface area contributed by atoms with E-state index in [4.69, 9.17) is 4.74 Å². The summed E-state index contributed by atoms with van der Waals surface area (Å²) in [4.78, 5) is 0. The van der Waals surface area contributed by atoms with Crippen LogP contribution < -0.4 is 4.74 Å². The molecule has 0 radical (unpaired) electrons. The van der Waals surface area contributed by atoms with Crippen molar-refractivity contribution in [3.05, 3.63) is 29.8 Å². The molecule has 2 heteroatoms. The van der Waals surface area contributed by atoms with Crippen LogP contribution in [0, 0.1) is 0 Å². The maximum atomic E-state index is 10.0. The second kappa shape index (κ2) is 6.24. The summed E-state index contributed by atoms with van der Waals surface area (Å²) in [6.45, 7) is 4.20. The average molecular weight is 248 g/mol. The van der Waals surface area contributed by atoms with Gasteiger partial charge in [0.25, 0.3) is 0 Å². The van der Waals surface area contributed by atoms with E-state index in [0.717, 1.165) is 31.4 Å². The van der Waals surface area contributed by atoms with E-state index < -0.39 is 0 Å². The molecule has 0 spiro atoms. The molecule has 3 atom stereocenters. The first-order valence-electron chi connectivity index (χ1n) is 7.15. The number of ether oxygens (including phenoxy) is 1. The molecular formula is C16H24O2. The Morgan fingerprint density at radius 1 is 1.22 bits per heavy atom. The maximum absolute atomic E-state index is 10.0. The molecule has 2 nitrogen and oxygen atoms in total. The van der Waals surface area contributed by atoms with Crippen LogP contribution in [-0.2, 0) is 0 Å². The Balaban J connectivity index is 2.02. The first-order chi connectivity index (χ1) is 8.70. The molecule has 18 heavy (non-hydrogen) atoms. The normalized spacial score (nSPS) is 25.7. The van der Waals surface area contributed by atoms with Crippen LogP contribution in [0.5, 0.6) is 5.75 Å². The summed E-state index contributed by atoms with van der Waals surface area (Å²) in [5.41, 5.74) is 1.25. The lowest BCUT2D eigenvalue weighted by atomic mass is 9.82. The topological polar surface area (TPSA) is 29.5 Å². The highest BCUT2D eigenvalue weighted by molar-refractivity contribution is 5.30. The summed E-state index contributed by atoms with van der Waals surface area (Å²) in [7, 11) is 0. The molecule has 1 fully saturated rings. The van der Waals surface area contributed by atoms with Crippen LogP contribution in [0.4, 0.5) is 0 Å². The van der Waals surface area contributed by atoms with Gasteiger partial charge in [-0.2, -0.15) is 0 Å². The standard InChI is InChI=1S/C16H24O2/c1-3-12(2)18-14-10-8-13(9-11-14)15-6-4-5-7-16(15)17/h8-12,15-17H,3-7H2,1-2H3/t12?,15-,16+/m1/s1. The molecule has 0 aromatic heterocycles. The Morgan fingerprint density at radius 2 is 1.89 bits per heavy atom. The van der Waals surface area contributed by atoms with Crippen molar-refractivity contribution in [1.82, 2.24) is 0 Å². The molecule has 1 aliphatic rings. The van der Waals surface area contributed by atoms with Crippen LogP contribution in [-0.4, -0.2) is 17.3 Å². The number of rotatable bonds is 4. The van der Waals surface area contributed by atoms with Crippen LogP contribution in [0.3, 0.4) is 0 Å². The third-order valence-corrected chi connectivity index (χ3v) is 3.95. The lowest BCUT2D eigenvalue weighted by Gasteiger charge is -2.28. The summed E-state index contributed by atoms with van der Waals surface area (Å²) in [6.07, 6.45) is 5.54. The maximum Gasteiger partial charge on any atom is 0.119 e. The fourth-order valence-corrected chi connectivity index (χ4v) is 2.61. The predicted octanol–water partition coefficient (Wildman–Crippen LogP) is 3.88. The van der Waals surface area contributed by atoms with Gasteiger partial charge in [0.1, 0.15) is 5.75 Å². The first-order valence-corrected chi connectivity index (χ1v) is 7.15. The summed E-state index contributed by atoms with van der Waals surface area (Å²) in [5.74, 6) is 1.25. The molecule has 0 bridgehead atoms. The minimum atomic E-state index is -0.167. The van der Waals surface area contributed by atoms with Gasteiger partial charge in [-0.1, -0.05) is 31.9 Å². The minimum Gasteiger partial charge on any atom is -0.491 e. The van der Waals surface area contributed by atoms with Crippen molar-refractivity contribution in [2.75, 3.05) is 0 Å². The van der Waals surface area contributed by atoms with E-state index in [1.54, 1.807) is 0 Å². The molecule has 100 valence electrons. The molecule has 2 rings (SSSR count). The number of aliphatic hydroxyl groups excluding tert-OH is 1. The lowest BCUT2D eigenvalue weighted by molar-refractivity contribution is 0.106. The van der Waals surface area contributed by atoms with Gasteiger partial charge in [0.15, 0.2) is 0 Å². The third-order valence-electron chi connectivity index (χ3n) is 3.95. The fourth-order valence-electron chi connectivity index (χ4n) is 2.61. The van der Waals surface area contributed by atoms with Gasteiger partial charge in [-0.05, 0) is 43.9 Å². The Bertz CT molecular complexity index is 358. The van der Waals surface area contributed by atoms with E-state index in [2.05, 4.69) is 26.0 Å². The van der Waals surface area contributed by atoms with Crippen molar-refractivity contribution in [2.45, 2.75) is 64.1 Å². The van der Waals surface area contributed by atoms with Crippen LogP contribution in [0.2, 0.25) is 0 Å². The van der Waals surface area contributed by atoms with Gasteiger partial charge in [-0.3, -0.25) is 0 Å². The van der Waals surface area contributed by atoms with E-state index in [1.165, 1.54) is 12.0 Å². The van der Waals surface area contributed by atoms with E-state index in [0.29, 0.717) is 5.92 Å². The van der Waals surface area contributed by atoms with E-state index in [-0.39, 0.29) is 12.2 Å². The van der Waals surface area contributed by atoms with E-state index in [9.17, 15) is 5.11 Å². The molecule has 1 aliphatic carbocycles. The average Bonchev–Trinajstić information content (AvgIpc) is 2.40. The molecule has 0 aliphatic heterocycles. The fraction of sp³-hybridized carbons (Fsp3) is 0.625. The number of aliphatic hydroxyl groups is 1. The van der Waals surface area contributed by atoms with Crippen LogP contribution in [0.15, 0.2) is 24.3 Å². The van der Waals surface area contributed by atoms with Crippen molar-refractivity contribution in [2.24, 2.45) is 0 Å². The highest BCUT2D eigenvalue weighted by Gasteiger charge is 2.24. The van der Waals surface area contributed by atoms with Gasteiger partial charge >= 0.3 is 0 Å². The zero-order valence-corrected chi connectivity index (χ0v) is 11.4. The Morgan fingerprint density at radius 3 is 2.50 bits per heavy atom. The van der Waals surface area contributed by atoms with Gasteiger partial charge in [-0.15, -0.1) is 0 Å². The van der Waals surface area contributed by atoms with Crippen molar-refractivity contribution >= 4 is 0 Å². The van der Waals surface area contributed by atoms with Gasteiger partial charge in [0.05, 0.1) is 12.2 Å². The molecule has 1 unspecified atom stereocenters. The molecule has 1 aromatic rings. The Hall–Kier alpha value is -1.02. The lowest BCUT2D eigenvalue weighted by Crippen LogP contribution is -2.22. The Labute approximate surface area is 110 Å². The van der Waals surface area contributed by atoms with Crippen LogP contribution >= 0.6 is 0 Å². The van der Waals surface area contributed by atoms with Crippen molar-refractivity contribution in [3.63, 3.8) is 0 Å². The van der Waals surface area contributed by atoms with Crippen molar-refractivity contribution in [3.8, 4) is 5.75 Å². The molecule has 0 saturated heterocycles. The quantitative estimate of drug-likeness (QED) is 0.876. The molecule has 0 amide bonds. The smallest absolute Gasteiger partial charge is 0.119 e. The largest absolute Gasteiger partial charge is 0.491 e. The minimum absolute atomic E-state index is 0.167. The zero-order valence-electron chi connectivity index (χ0n) is 11.4. The molecule has 1 N–H and O–H groups in total. The van der Waals surface area contributed by atoms with Gasteiger partial charge in [0.2, 0.25) is 0 Å². The second-order valence-electron chi connectivity index (χ2n) is 5.36. The second-order valence-corrected chi connectivity index (χ2v) is 5.36. The molecular weight excluding hydrogens is 224 g/mol. The van der Waals surface area contributed by atoms with Gasteiger partial charge in [-0.25, -0.2) is 0 Å². The summed E-state index contributed by atoms with van der Waals surface area (Å²) < 4.78 is 5.77. The summed E-state index contributed by atoms with van der Waals surface area (Å²) >= 11 is 0. The highest BCUT2D eigenvalue weighted by Crippen LogP contribution is 2.33. The molecule has 1 aromatic carbocycles. The zero-order chi connectivity index (χ0) is 13.0.